The van der Waals surface area contributed by atoms with Crippen LogP contribution < -0.4 is 5.32 Å². The van der Waals surface area contributed by atoms with Crippen LogP contribution in [-0.4, -0.2) is 32.0 Å². The molecule has 0 heterocycles. The molecule has 0 saturated carbocycles. The highest BCUT2D eigenvalue weighted by atomic mass is 35.5. The van der Waals surface area contributed by atoms with Gasteiger partial charge in [0.25, 0.3) is 5.91 Å². The Labute approximate surface area is 115 Å². The molecular formula is C14H21ClN2O. The number of benzene rings is 1. The zero-order valence-electron chi connectivity index (χ0n) is 11.2. The molecule has 18 heavy (non-hydrogen) atoms. The number of hydrogen-bond acceptors (Lipinski definition) is 2. The first kappa shape index (κ1) is 15.0. The monoisotopic (exact) mass is 268 g/mol. The summed E-state index contributed by atoms with van der Waals surface area (Å²) in [7, 11) is 5.58. The van der Waals surface area contributed by atoms with Crippen LogP contribution in [0.15, 0.2) is 18.2 Å². The maximum absolute atomic E-state index is 12.2. The second-order valence-electron chi connectivity index (χ2n) is 4.81. The molecule has 0 aromatic heterocycles. The van der Waals surface area contributed by atoms with E-state index < -0.39 is 0 Å². The number of carbonyl (C=O) groups is 1. The van der Waals surface area contributed by atoms with Gasteiger partial charge in [0.1, 0.15) is 0 Å². The molecular weight excluding hydrogens is 248 g/mol. The molecule has 0 radical (unpaired) electrons. The van der Waals surface area contributed by atoms with Gasteiger partial charge in [-0.15, -0.1) is 12.4 Å². The van der Waals surface area contributed by atoms with Crippen molar-refractivity contribution < 1.29 is 4.79 Å². The topological polar surface area (TPSA) is 32.3 Å². The van der Waals surface area contributed by atoms with Crippen molar-refractivity contribution in [2.24, 2.45) is 0 Å². The van der Waals surface area contributed by atoms with Gasteiger partial charge >= 0.3 is 0 Å². The Morgan fingerprint density at radius 2 is 2.11 bits per heavy atom. The van der Waals surface area contributed by atoms with E-state index in [1.165, 1.54) is 17.5 Å². The summed E-state index contributed by atoms with van der Waals surface area (Å²) in [5, 5.41) is 3.32. The van der Waals surface area contributed by atoms with E-state index >= 15 is 0 Å². The number of nitrogens with zero attached hydrogens (tertiary/aromatic N) is 1. The Morgan fingerprint density at radius 3 is 2.72 bits per heavy atom. The van der Waals surface area contributed by atoms with Crippen molar-refractivity contribution in [2.45, 2.75) is 25.3 Å². The van der Waals surface area contributed by atoms with Gasteiger partial charge in [0.2, 0.25) is 0 Å². The Morgan fingerprint density at radius 1 is 1.39 bits per heavy atom. The molecule has 1 aliphatic carbocycles. The maximum Gasteiger partial charge on any atom is 0.253 e. The summed E-state index contributed by atoms with van der Waals surface area (Å²) in [6.45, 7) is 0. The molecule has 0 saturated heterocycles. The molecule has 0 spiro atoms. The first-order chi connectivity index (χ1) is 8.15. The highest BCUT2D eigenvalue weighted by Gasteiger charge is 2.25. The van der Waals surface area contributed by atoms with E-state index in [1.807, 2.05) is 19.2 Å². The zero-order valence-corrected chi connectivity index (χ0v) is 12.0. The van der Waals surface area contributed by atoms with Crippen LogP contribution in [0.3, 0.4) is 0 Å². The first-order valence-corrected chi connectivity index (χ1v) is 6.16. The summed E-state index contributed by atoms with van der Waals surface area (Å²) in [5.74, 6) is 0.101. The van der Waals surface area contributed by atoms with E-state index in [9.17, 15) is 4.79 Å². The number of carbonyl (C=O) groups excluding carboxylic acids is 1. The molecule has 3 nitrogen and oxygen atoms in total. The van der Waals surface area contributed by atoms with Crippen LogP contribution in [-0.2, 0) is 6.42 Å². The van der Waals surface area contributed by atoms with Gasteiger partial charge in [0.05, 0.1) is 0 Å². The number of fused-ring (bicyclic) bond motifs is 1. The molecule has 2 rings (SSSR count). The van der Waals surface area contributed by atoms with Crippen LogP contribution in [0.5, 0.6) is 0 Å². The number of halogens is 1. The highest BCUT2D eigenvalue weighted by molar-refractivity contribution is 5.96. The summed E-state index contributed by atoms with van der Waals surface area (Å²) >= 11 is 0. The quantitative estimate of drug-likeness (QED) is 0.893. The minimum atomic E-state index is 0. The van der Waals surface area contributed by atoms with Crippen molar-refractivity contribution >= 4 is 18.3 Å². The molecule has 1 N–H and O–H groups in total. The summed E-state index contributed by atoms with van der Waals surface area (Å²) in [6.07, 6.45) is 3.39. The molecule has 1 amide bonds. The number of amides is 1. The lowest BCUT2D eigenvalue weighted by atomic mass is 9.84. The van der Waals surface area contributed by atoms with Crippen LogP contribution in [0.1, 0.15) is 40.4 Å². The molecule has 1 atom stereocenters. The Bertz CT molecular complexity index is 432. The summed E-state index contributed by atoms with van der Waals surface area (Å²) in [4.78, 5) is 13.8. The Kier molecular flexibility index (Phi) is 5.17. The van der Waals surface area contributed by atoms with Gasteiger partial charge < -0.3 is 10.2 Å². The smallest absolute Gasteiger partial charge is 0.253 e. The highest BCUT2D eigenvalue weighted by Crippen LogP contribution is 2.32. The van der Waals surface area contributed by atoms with Gasteiger partial charge in [0.15, 0.2) is 0 Å². The third kappa shape index (κ3) is 2.68. The van der Waals surface area contributed by atoms with Crippen molar-refractivity contribution in [1.29, 1.82) is 0 Å². The van der Waals surface area contributed by atoms with Crippen molar-refractivity contribution in [2.75, 3.05) is 21.1 Å². The second-order valence-corrected chi connectivity index (χ2v) is 4.81. The number of aryl methyl sites for hydroxylation is 1. The fourth-order valence-corrected chi connectivity index (χ4v) is 2.60. The van der Waals surface area contributed by atoms with Crippen molar-refractivity contribution in [1.82, 2.24) is 10.2 Å². The molecule has 0 bridgehead atoms. The molecule has 0 fully saturated rings. The number of nitrogens with one attached hydrogen (secondary N) is 1. The lowest BCUT2D eigenvalue weighted by molar-refractivity contribution is 0.0825. The van der Waals surface area contributed by atoms with E-state index in [2.05, 4.69) is 11.4 Å². The fourth-order valence-electron chi connectivity index (χ4n) is 2.60. The van der Waals surface area contributed by atoms with E-state index in [4.69, 9.17) is 0 Å². The lowest BCUT2D eigenvalue weighted by Crippen LogP contribution is -2.28. The molecule has 1 unspecified atom stereocenters. The van der Waals surface area contributed by atoms with E-state index in [0.29, 0.717) is 6.04 Å². The maximum atomic E-state index is 12.2. The lowest BCUT2D eigenvalue weighted by Gasteiger charge is -2.28. The molecule has 4 heteroatoms. The van der Waals surface area contributed by atoms with Crippen LogP contribution in [0.2, 0.25) is 0 Å². The van der Waals surface area contributed by atoms with E-state index in [-0.39, 0.29) is 18.3 Å². The molecule has 1 aliphatic rings. The minimum Gasteiger partial charge on any atom is -0.345 e. The average Bonchev–Trinajstić information content (AvgIpc) is 2.36. The van der Waals surface area contributed by atoms with Gasteiger partial charge in [-0.05, 0) is 43.5 Å². The van der Waals surface area contributed by atoms with Crippen LogP contribution >= 0.6 is 12.4 Å². The number of hydrogen-bond donors (Lipinski definition) is 1. The first-order valence-electron chi connectivity index (χ1n) is 6.16. The van der Waals surface area contributed by atoms with Gasteiger partial charge in [0, 0.05) is 25.7 Å². The zero-order chi connectivity index (χ0) is 12.4. The van der Waals surface area contributed by atoms with Crippen LogP contribution in [0, 0.1) is 0 Å². The standard InChI is InChI=1S/C14H20N2O.ClH/c1-15-12-9-5-7-10-6-4-8-11(13(10)12)14(17)16(2)3;/h4,6,8,12,15H,5,7,9H2,1-3H3;1H. The minimum absolute atomic E-state index is 0. The summed E-state index contributed by atoms with van der Waals surface area (Å²) in [5.41, 5.74) is 3.38. The summed E-state index contributed by atoms with van der Waals surface area (Å²) in [6, 6.07) is 6.40. The Hall–Kier alpha value is -1.06. The average molecular weight is 269 g/mol. The SMILES string of the molecule is CNC1CCCc2cccc(C(=O)N(C)C)c21.Cl. The molecule has 1 aromatic rings. The predicted molar refractivity (Wildman–Crippen MR) is 76.4 cm³/mol. The number of rotatable bonds is 2. The van der Waals surface area contributed by atoms with E-state index in [1.54, 1.807) is 19.0 Å². The van der Waals surface area contributed by atoms with E-state index in [0.717, 1.165) is 18.4 Å². The predicted octanol–water partition coefficient (Wildman–Crippen LogP) is 2.41. The van der Waals surface area contributed by atoms with Crippen LogP contribution in [0.4, 0.5) is 0 Å². The normalized spacial score (nSPS) is 17.6. The van der Waals surface area contributed by atoms with Gasteiger partial charge in [-0.2, -0.15) is 0 Å². The Balaban J connectivity index is 0.00000162. The van der Waals surface area contributed by atoms with Crippen molar-refractivity contribution in [3.63, 3.8) is 0 Å². The third-order valence-electron chi connectivity index (χ3n) is 3.47. The van der Waals surface area contributed by atoms with Gasteiger partial charge in [-0.3, -0.25) is 4.79 Å². The second kappa shape index (κ2) is 6.21. The molecule has 1 aromatic carbocycles. The summed E-state index contributed by atoms with van der Waals surface area (Å²) < 4.78 is 0. The molecule has 100 valence electrons. The molecule has 0 aliphatic heterocycles. The van der Waals surface area contributed by atoms with Gasteiger partial charge in [-0.1, -0.05) is 12.1 Å². The third-order valence-corrected chi connectivity index (χ3v) is 3.47. The van der Waals surface area contributed by atoms with Gasteiger partial charge in [-0.25, -0.2) is 0 Å². The van der Waals surface area contributed by atoms with Crippen molar-refractivity contribution in [3.8, 4) is 0 Å². The largest absolute Gasteiger partial charge is 0.345 e. The van der Waals surface area contributed by atoms with Crippen molar-refractivity contribution in [3.05, 3.63) is 34.9 Å². The fraction of sp³-hybridized carbons (Fsp3) is 0.500. The van der Waals surface area contributed by atoms with Crippen LogP contribution in [0.25, 0.3) is 0 Å².